The largest absolute Gasteiger partial charge is 0.484 e. The van der Waals surface area contributed by atoms with Gasteiger partial charge in [0.05, 0.1) is 4.92 Å². The smallest absolute Gasteiger partial charge is 0.269 e. The summed E-state index contributed by atoms with van der Waals surface area (Å²) in [5, 5.41) is 18.2. The molecule has 10 heteroatoms. The number of halogens is 1. The molecule has 0 aliphatic rings. The minimum Gasteiger partial charge on any atom is -0.484 e. The van der Waals surface area contributed by atoms with Crippen LogP contribution in [0, 0.1) is 16.0 Å². The van der Waals surface area contributed by atoms with Gasteiger partial charge < -0.3 is 14.6 Å². The first-order chi connectivity index (χ1) is 14.9. The minimum atomic E-state index is -0.509. The number of nitrogens with one attached hydrogen (secondary N) is 1. The SMILES string of the molecule is CC[C@H](C)[C@H](NC(=O)COc1ccc(Cl)cc1)c1nc(-c2ccc([N+](=O)[O-])cc2)no1. The monoisotopic (exact) mass is 444 g/mol. The van der Waals surface area contributed by atoms with E-state index in [9.17, 15) is 14.9 Å². The number of rotatable bonds is 9. The van der Waals surface area contributed by atoms with Crippen LogP contribution in [-0.2, 0) is 4.79 Å². The highest BCUT2D eigenvalue weighted by Crippen LogP contribution is 2.26. The standard InChI is InChI=1S/C21H21ClN4O5/c1-3-13(2)19(23-18(27)12-30-17-10-6-15(22)7-11-17)21-24-20(25-31-21)14-4-8-16(9-5-14)26(28)29/h4-11,13,19H,3,12H2,1-2H3,(H,23,27)/t13-,19-/m0/s1. The van der Waals surface area contributed by atoms with Gasteiger partial charge >= 0.3 is 0 Å². The lowest BCUT2D eigenvalue weighted by atomic mass is 9.99. The third-order valence-electron chi connectivity index (χ3n) is 4.76. The first-order valence-corrected chi connectivity index (χ1v) is 10.0. The maximum atomic E-state index is 12.4. The number of nitro groups is 1. The van der Waals surface area contributed by atoms with Gasteiger partial charge in [-0.2, -0.15) is 4.98 Å². The average molecular weight is 445 g/mol. The second-order valence-electron chi connectivity index (χ2n) is 6.93. The Bertz CT molecular complexity index is 1040. The molecule has 0 radical (unpaired) electrons. The Morgan fingerprint density at radius 3 is 2.52 bits per heavy atom. The van der Waals surface area contributed by atoms with E-state index in [2.05, 4.69) is 15.5 Å². The van der Waals surface area contributed by atoms with Crippen LogP contribution >= 0.6 is 11.6 Å². The normalized spacial score (nSPS) is 12.7. The van der Waals surface area contributed by atoms with E-state index in [1.165, 1.54) is 12.1 Å². The van der Waals surface area contributed by atoms with Crippen LogP contribution in [-0.4, -0.2) is 27.6 Å². The number of ether oxygens (including phenoxy) is 1. The van der Waals surface area contributed by atoms with E-state index >= 15 is 0 Å². The molecule has 2 atom stereocenters. The molecule has 1 heterocycles. The second-order valence-corrected chi connectivity index (χ2v) is 7.37. The summed E-state index contributed by atoms with van der Waals surface area (Å²) in [5.74, 6) is 0.741. The summed E-state index contributed by atoms with van der Waals surface area (Å²) in [4.78, 5) is 27.2. The number of nitro benzene ring substituents is 1. The van der Waals surface area contributed by atoms with Gasteiger partial charge in [-0.25, -0.2) is 0 Å². The fraction of sp³-hybridized carbons (Fsp3) is 0.286. The zero-order valence-electron chi connectivity index (χ0n) is 16.9. The summed E-state index contributed by atoms with van der Waals surface area (Å²) in [6.45, 7) is 3.76. The third kappa shape index (κ3) is 5.79. The Morgan fingerprint density at radius 2 is 1.90 bits per heavy atom. The summed E-state index contributed by atoms with van der Waals surface area (Å²) in [6, 6.07) is 12.0. The summed E-state index contributed by atoms with van der Waals surface area (Å²) < 4.78 is 10.9. The van der Waals surface area contributed by atoms with Crippen LogP contribution < -0.4 is 10.1 Å². The minimum absolute atomic E-state index is 0.0182. The molecule has 1 aromatic heterocycles. The Labute approximate surface area is 183 Å². The van der Waals surface area contributed by atoms with E-state index in [1.807, 2.05) is 13.8 Å². The number of nitrogens with zero attached hydrogens (tertiary/aromatic N) is 3. The van der Waals surface area contributed by atoms with E-state index in [-0.39, 0.29) is 35.8 Å². The maximum Gasteiger partial charge on any atom is 0.269 e. The summed E-state index contributed by atoms with van der Waals surface area (Å²) in [7, 11) is 0. The number of hydrogen-bond acceptors (Lipinski definition) is 7. The van der Waals surface area contributed by atoms with Crippen molar-refractivity contribution >= 4 is 23.2 Å². The van der Waals surface area contributed by atoms with Crippen LogP contribution in [0.1, 0.15) is 32.2 Å². The molecule has 0 saturated carbocycles. The molecule has 1 N–H and O–H groups in total. The number of benzene rings is 2. The maximum absolute atomic E-state index is 12.4. The molecule has 0 unspecified atom stereocenters. The second kappa shape index (κ2) is 10.0. The van der Waals surface area contributed by atoms with Gasteiger partial charge in [0.1, 0.15) is 11.8 Å². The molecule has 162 valence electrons. The lowest BCUT2D eigenvalue weighted by molar-refractivity contribution is -0.384. The highest BCUT2D eigenvalue weighted by atomic mass is 35.5. The zero-order chi connectivity index (χ0) is 22.4. The molecule has 0 aliphatic carbocycles. The van der Waals surface area contributed by atoms with Crippen molar-refractivity contribution in [3.8, 4) is 17.1 Å². The van der Waals surface area contributed by atoms with E-state index in [1.54, 1.807) is 36.4 Å². The van der Waals surface area contributed by atoms with Gasteiger partial charge in [-0.05, 0) is 42.3 Å². The molecule has 0 saturated heterocycles. The van der Waals surface area contributed by atoms with Gasteiger partial charge in [0, 0.05) is 22.7 Å². The lowest BCUT2D eigenvalue weighted by Crippen LogP contribution is -2.36. The van der Waals surface area contributed by atoms with Gasteiger partial charge in [0.25, 0.3) is 11.6 Å². The Kier molecular flexibility index (Phi) is 7.19. The summed E-state index contributed by atoms with van der Waals surface area (Å²) >= 11 is 5.84. The first kappa shape index (κ1) is 22.2. The Morgan fingerprint density at radius 1 is 1.23 bits per heavy atom. The van der Waals surface area contributed by atoms with Crippen molar-refractivity contribution in [1.29, 1.82) is 0 Å². The van der Waals surface area contributed by atoms with Crippen LogP contribution in [0.3, 0.4) is 0 Å². The van der Waals surface area contributed by atoms with Crippen molar-refractivity contribution in [3.05, 3.63) is 69.6 Å². The fourth-order valence-electron chi connectivity index (χ4n) is 2.79. The lowest BCUT2D eigenvalue weighted by Gasteiger charge is -2.20. The number of non-ortho nitro benzene ring substituents is 1. The van der Waals surface area contributed by atoms with Crippen molar-refractivity contribution in [2.75, 3.05) is 6.61 Å². The molecule has 0 aliphatic heterocycles. The zero-order valence-corrected chi connectivity index (χ0v) is 17.7. The van der Waals surface area contributed by atoms with Crippen LogP contribution in [0.2, 0.25) is 5.02 Å². The van der Waals surface area contributed by atoms with Crippen molar-refractivity contribution < 1.29 is 19.0 Å². The highest BCUT2D eigenvalue weighted by Gasteiger charge is 2.26. The molecule has 3 rings (SSSR count). The molecule has 0 fully saturated rings. The first-order valence-electron chi connectivity index (χ1n) is 9.63. The van der Waals surface area contributed by atoms with Gasteiger partial charge in [-0.15, -0.1) is 0 Å². The van der Waals surface area contributed by atoms with Crippen molar-refractivity contribution in [2.24, 2.45) is 5.92 Å². The molecular formula is C21H21ClN4O5. The highest BCUT2D eigenvalue weighted by molar-refractivity contribution is 6.30. The van der Waals surface area contributed by atoms with Crippen molar-refractivity contribution in [2.45, 2.75) is 26.3 Å². The number of aromatic nitrogens is 2. The molecule has 9 nitrogen and oxygen atoms in total. The molecule has 31 heavy (non-hydrogen) atoms. The van der Waals surface area contributed by atoms with Gasteiger partial charge in [0.15, 0.2) is 6.61 Å². The number of carbonyl (C=O) groups is 1. The molecule has 2 aromatic carbocycles. The van der Waals surface area contributed by atoms with E-state index < -0.39 is 11.0 Å². The van der Waals surface area contributed by atoms with Crippen LogP contribution in [0.25, 0.3) is 11.4 Å². The predicted molar refractivity (Wildman–Crippen MR) is 114 cm³/mol. The average Bonchev–Trinajstić information content (AvgIpc) is 3.26. The van der Waals surface area contributed by atoms with Crippen molar-refractivity contribution in [3.63, 3.8) is 0 Å². The predicted octanol–water partition coefficient (Wildman–Crippen LogP) is 4.58. The Hall–Kier alpha value is -3.46. The topological polar surface area (TPSA) is 120 Å². The fourth-order valence-corrected chi connectivity index (χ4v) is 2.91. The van der Waals surface area contributed by atoms with Gasteiger partial charge in [-0.1, -0.05) is 37.0 Å². The molecule has 1 amide bonds. The van der Waals surface area contributed by atoms with Crippen LogP contribution in [0.5, 0.6) is 5.75 Å². The van der Waals surface area contributed by atoms with Crippen LogP contribution in [0.4, 0.5) is 5.69 Å². The van der Waals surface area contributed by atoms with Crippen molar-refractivity contribution in [1.82, 2.24) is 15.5 Å². The molecule has 0 spiro atoms. The van der Waals surface area contributed by atoms with Gasteiger partial charge in [-0.3, -0.25) is 14.9 Å². The van der Waals surface area contributed by atoms with Gasteiger partial charge in [0.2, 0.25) is 11.7 Å². The molecule has 3 aromatic rings. The molecular weight excluding hydrogens is 424 g/mol. The third-order valence-corrected chi connectivity index (χ3v) is 5.01. The summed E-state index contributed by atoms with van der Waals surface area (Å²) in [5.41, 5.74) is 0.541. The number of hydrogen-bond donors (Lipinski definition) is 1. The molecule has 0 bridgehead atoms. The van der Waals surface area contributed by atoms with E-state index in [0.29, 0.717) is 16.3 Å². The summed E-state index contributed by atoms with van der Waals surface area (Å²) in [6.07, 6.45) is 0.762. The van der Waals surface area contributed by atoms with E-state index in [0.717, 1.165) is 6.42 Å². The number of amides is 1. The van der Waals surface area contributed by atoms with E-state index in [4.69, 9.17) is 20.9 Å². The number of carbonyl (C=O) groups excluding carboxylic acids is 1. The quantitative estimate of drug-likeness (QED) is 0.378. The van der Waals surface area contributed by atoms with Crippen LogP contribution in [0.15, 0.2) is 53.1 Å². The Balaban J connectivity index is 1.69.